The van der Waals surface area contributed by atoms with Crippen molar-refractivity contribution in [2.45, 2.75) is 6.61 Å². The molecule has 1 rings (SSSR count). The van der Waals surface area contributed by atoms with E-state index in [4.69, 9.17) is 0 Å². The van der Waals surface area contributed by atoms with Crippen LogP contribution in [0.5, 0.6) is 0 Å². The molecule has 0 amide bonds. The molecule has 0 fully saturated rings. The highest BCUT2D eigenvalue weighted by Gasteiger charge is 1.93. The van der Waals surface area contributed by atoms with E-state index in [2.05, 4.69) is 14.7 Å². The Morgan fingerprint density at radius 2 is 2.55 bits per heavy atom. The van der Waals surface area contributed by atoms with Crippen molar-refractivity contribution in [1.29, 1.82) is 0 Å². The second-order valence-electron chi connectivity index (χ2n) is 1.81. The van der Waals surface area contributed by atoms with E-state index in [1.165, 1.54) is 12.4 Å². The number of H-pyrrole nitrogens is 1. The molecule has 58 valence electrons. The first-order valence-electron chi connectivity index (χ1n) is 2.92. The van der Waals surface area contributed by atoms with Crippen molar-refractivity contribution in [1.82, 2.24) is 9.97 Å². The first-order valence-corrected chi connectivity index (χ1v) is 2.92. The Balaban J connectivity index is 2.71. The Bertz CT molecular complexity index is 294. The summed E-state index contributed by atoms with van der Waals surface area (Å²) in [4.78, 5) is 26.4. The van der Waals surface area contributed by atoms with Gasteiger partial charge in [0.25, 0.3) is 12.0 Å². The number of nitrogens with zero attached hydrogens (tertiary/aromatic N) is 1. The maximum Gasteiger partial charge on any atom is 0.293 e. The molecule has 1 heterocycles. The minimum atomic E-state index is -0.260. The Labute approximate surface area is 62.0 Å². The van der Waals surface area contributed by atoms with Crippen molar-refractivity contribution < 1.29 is 9.53 Å². The molecule has 5 nitrogen and oxygen atoms in total. The van der Waals surface area contributed by atoms with Crippen molar-refractivity contribution in [2.75, 3.05) is 0 Å². The van der Waals surface area contributed by atoms with E-state index in [9.17, 15) is 9.59 Å². The number of aromatic nitrogens is 2. The molecule has 0 bridgehead atoms. The molecule has 1 aromatic rings. The van der Waals surface area contributed by atoms with Crippen LogP contribution >= 0.6 is 0 Å². The lowest BCUT2D eigenvalue weighted by molar-refractivity contribution is -0.129. The van der Waals surface area contributed by atoms with Crippen LogP contribution in [0.2, 0.25) is 0 Å². The molecule has 11 heavy (non-hydrogen) atoms. The molecule has 0 radical (unpaired) electrons. The largest absolute Gasteiger partial charge is 0.461 e. The monoisotopic (exact) mass is 154 g/mol. The predicted octanol–water partition coefficient (Wildman–Crippen LogP) is -0.557. The van der Waals surface area contributed by atoms with Gasteiger partial charge in [-0.2, -0.15) is 0 Å². The third-order valence-corrected chi connectivity index (χ3v) is 1.03. The number of ether oxygens (including phenoxy) is 1. The molecular weight excluding hydrogens is 148 g/mol. The van der Waals surface area contributed by atoms with Gasteiger partial charge in [0.1, 0.15) is 6.61 Å². The molecule has 1 aromatic heterocycles. The van der Waals surface area contributed by atoms with Gasteiger partial charge in [-0.3, -0.25) is 9.59 Å². The number of hydrogen-bond donors (Lipinski definition) is 1. The van der Waals surface area contributed by atoms with Crippen molar-refractivity contribution in [3.8, 4) is 0 Å². The first-order chi connectivity index (χ1) is 5.33. The van der Waals surface area contributed by atoms with Gasteiger partial charge in [-0.25, -0.2) is 4.98 Å². The number of aromatic amines is 1. The van der Waals surface area contributed by atoms with E-state index in [-0.39, 0.29) is 12.2 Å². The van der Waals surface area contributed by atoms with Gasteiger partial charge in [0.2, 0.25) is 0 Å². The van der Waals surface area contributed by atoms with Gasteiger partial charge < -0.3 is 9.72 Å². The van der Waals surface area contributed by atoms with Gasteiger partial charge in [0.15, 0.2) is 0 Å². The van der Waals surface area contributed by atoms with Gasteiger partial charge in [0.05, 0.1) is 12.0 Å². The van der Waals surface area contributed by atoms with Crippen molar-refractivity contribution >= 4 is 6.47 Å². The van der Waals surface area contributed by atoms with E-state index < -0.39 is 0 Å². The first kappa shape index (κ1) is 7.46. The Hall–Kier alpha value is -1.65. The van der Waals surface area contributed by atoms with Crippen LogP contribution in [0.3, 0.4) is 0 Å². The molecule has 0 aromatic carbocycles. The van der Waals surface area contributed by atoms with Gasteiger partial charge in [-0.05, 0) is 0 Å². The summed E-state index contributed by atoms with van der Waals surface area (Å²) in [6, 6.07) is 1.27. The highest BCUT2D eigenvalue weighted by atomic mass is 16.5. The van der Waals surface area contributed by atoms with Crippen molar-refractivity contribution in [3.63, 3.8) is 0 Å². The summed E-state index contributed by atoms with van der Waals surface area (Å²) in [7, 11) is 0. The summed E-state index contributed by atoms with van der Waals surface area (Å²) in [5.41, 5.74) is 0.172. The molecule has 0 spiro atoms. The number of carbonyl (C=O) groups is 1. The molecular formula is C6H6N2O3. The fourth-order valence-electron chi connectivity index (χ4n) is 0.607. The van der Waals surface area contributed by atoms with E-state index in [1.54, 1.807) is 0 Å². The molecule has 0 aliphatic rings. The molecule has 0 aliphatic carbocycles. The minimum Gasteiger partial charge on any atom is -0.461 e. The fourth-order valence-corrected chi connectivity index (χ4v) is 0.607. The SMILES string of the molecule is O=COCc1cc(=O)[nH]cn1. The highest BCUT2D eigenvalue weighted by Crippen LogP contribution is 1.88. The third-order valence-electron chi connectivity index (χ3n) is 1.03. The zero-order valence-corrected chi connectivity index (χ0v) is 5.61. The second kappa shape index (κ2) is 3.50. The number of rotatable bonds is 3. The Kier molecular flexibility index (Phi) is 2.37. The summed E-state index contributed by atoms with van der Waals surface area (Å²) in [6.07, 6.45) is 1.26. The van der Waals surface area contributed by atoms with Crippen LogP contribution in [0.15, 0.2) is 17.2 Å². The maximum absolute atomic E-state index is 10.6. The van der Waals surface area contributed by atoms with Crippen LogP contribution in [-0.4, -0.2) is 16.4 Å². The average Bonchev–Trinajstić information content (AvgIpc) is 2.01. The summed E-state index contributed by atoms with van der Waals surface area (Å²) < 4.78 is 4.38. The highest BCUT2D eigenvalue weighted by molar-refractivity contribution is 5.37. The summed E-state index contributed by atoms with van der Waals surface area (Å²) in [5.74, 6) is 0. The molecule has 0 unspecified atom stereocenters. The summed E-state index contributed by atoms with van der Waals surface area (Å²) in [5, 5.41) is 0. The second-order valence-corrected chi connectivity index (χ2v) is 1.81. The van der Waals surface area contributed by atoms with E-state index in [0.29, 0.717) is 12.2 Å². The lowest BCUT2D eigenvalue weighted by Gasteiger charge is -1.94. The lowest BCUT2D eigenvalue weighted by atomic mass is 10.4. The zero-order chi connectivity index (χ0) is 8.10. The molecule has 0 atom stereocenters. The predicted molar refractivity (Wildman–Crippen MR) is 35.7 cm³/mol. The van der Waals surface area contributed by atoms with Crippen LogP contribution in [0.25, 0.3) is 0 Å². The van der Waals surface area contributed by atoms with Crippen molar-refractivity contribution in [3.05, 3.63) is 28.4 Å². The summed E-state index contributed by atoms with van der Waals surface area (Å²) >= 11 is 0. The zero-order valence-electron chi connectivity index (χ0n) is 5.61. The average molecular weight is 154 g/mol. The van der Waals surface area contributed by atoms with Gasteiger partial charge in [0, 0.05) is 6.07 Å². The van der Waals surface area contributed by atoms with E-state index >= 15 is 0 Å². The van der Waals surface area contributed by atoms with Gasteiger partial charge in [-0.15, -0.1) is 0 Å². The molecule has 0 saturated heterocycles. The van der Waals surface area contributed by atoms with Crippen LogP contribution < -0.4 is 5.56 Å². The molecule has 0 saturated carbocycles. The number of hydrogen-bond acceptors (Lipinski definition) is 4. The number of nitrogens with one attached hydrogen (secondary N) is 1. The molecule has 1 N–H and O–H groups in total. The van der Waals surface area contributed by atoms with E-state index in [0.717, 1.165) is 0 Å². The topological polar surface area (TPSA) is 72.1 Å². The van der Waals surface area contributed by atoms with Crippen LogP contribution in [0, 0.1) is 0 Å². The van der Waals surface area contributed by atoms with E-state index in [1.807, 2.05) is 0 Å². The summed E-state index contributed by atoms with van der Waals surface area (Å²) in [6.45, 7) is 0.344. The smallest absolute Gasteiger partial charge is 0.293 e. The van der Waals surface area contributed by atoms with Crippen LogP contribution in [0.4, 0.5) is 0 Å². The maximum atomic E-state index is 10.6. The minimum absolute atomic E-state index is 0.0351. The molecule has 0 aliphatic heterocycles. The van der Waals surface area contributed by atoms with Crippen molar-refractivity contribution in [2.24, 2.45) is 0 Å². The normalized spacial score (nSPS) is 9.09. The molecule has 5 heteroatoms. The van der Waals surface area contributed by atoms with Crippen LogP contribution in [0.1, 0.15) is 5.69 Å². The Morgan fingerprint density at radius 3 is 3.18 bits per heavy atom. The standard InChI is InChI=1S/C6H6N2O3/c9-4-11-2-5-1-6(10)8-3-7-5/h1,3-4H,2H2,(H,7,8,10). The van der Waals surface area contributed by atoms with Crippen LogP contribution in [-0.2, 0) is 16.1 Å². The number of carbonyl (C=O) groups excluding carboxylic acids is 1. The third kappa shape index (κ3) is 2.21. The van der Waals surface area contributed by atoms with Gasteiger partial charge >= 0.3 is 0 Å². The Morgan fingerprint density at radius 1 is 1.73 bits per heavy atom. The fraction of sp³-hybridized carbons (Fsp3) is 0.167. The van der Waals surface area contributed by atoms with Gasteiger partial charge in [-0.1, -0.05) is 0 Å². The lowest BCUT2D eigenvalue weighted by Crippen LogP contribution is -2.07. The quantitative estimate of drug-likeness (QED) is 0.592.